The van der Waals surface area contributed by atoms with E-state index in [1.54, 1.807) is 14.2 Å². The molecule has 0 aliphatic rings. The number of nitrogens with one attached hydrogen (secondary N) is 1. The highest BCUT2D eigenvalue weighted by molar-refractivity contribution is 5.81. The minimum Gasteiger partial charge on any atom is -0.493 e. The number of benzene rings is 1. The Balaban J connectivity index is 2.51. The third kappa shape index (κ3) is 5.56. The zero-order valence-corrected chi connectivity index (χ0v) is 14.0. The number of nitrogens with two attached hydrogens (primary N) is 1. The van der Waals surface area contributed by atoms with Gasteiger partial charge in [0.1, 0.15) is 0 Å². The van der Waals surface area contributed by atoms with Crippen molar-refractivity contribution in [2.24, 2.45) is 11.7 Å². The zero-order chi connectivity index (χ0) is 16.5. The van der Waals surface area contributed by atoms with Crippen molar-refractivity contribution in [2.45, 2.75) is 39.2 Å². The molecule has 2 unspecified atom stereocenters. The molecule has 0 spiro atoms. The molecule has 0 saturated heterocycles. The van der Waals surface area contributed by atoms with Crippen LogP contribution in [0.4, 0.5) is 0 Å². The molecule has 0 aliphatic heterocycles. The predicted molar refractivity (Wildman–Crippen MR) is 88.3 cm³/mol. The SMILES string of the molecule is CCCC(N)C(=O)NCC(C)Cc1ccc(OC)c(OC)c1. The predicted octanol–water partition coefficient (Wildman–Crippen LogP) is 2.13. The maximum atomic E-state index is 11.8. The summed E-state index contributed by atoms with van der Waals surface area (Å²) in [7, 11) is 3.25. The van der Waals surface area contributed by atoms with Crippen molar-refractivity contribution < 1.29 is 14.3 Å². The van der Waals surface area contributed by atoms with E-state index in [-0.39, 0.29) is 5.91 Å². The van der Waals surface area contributed by atoms with Crippen LogP contribution in [0.2, 0.25) is 0 Å². The minimum absolute atomic E-state index is 0.0685. The van der Waals surface area contributed by atoms with Crippen molar-refractivity contribution in [1.29, 1.82) is 0 Å². The first kappa shape index (κ1) is 18.3. The standard InChI is InChI=1S/C17H28N2O3/c1-5-6-14(18)17(20)19-11-12(2)9-13-7-8-15(21-3)16(10-13)22-4/h7-8,10,12,14H,5-6,9,11,18H2,1-4H3,(H,19,20). The van der Waals surface area contributed by atoms with Crippen LogP contribution in [0.3, 0.4) is 0 Å². The molecule has 3 N–H and O–H groups in total. The van der Waals surface area contributed by atoms with E-state index in [9.17, 15) is 4.79 Å². The third-order valence-electron chi connectivity index (χ3n) is 3.59. The summed E-state index contributed by atoms with van der Waals surface area (Å²) in [6.45, 7) is 4.74. The number of ether oxygens (including phenoxy) is 2. The van der Waals surface area contributed by atoms with Gasteiger partial charge < -0.3 is 20.5 Å². The molecule has 1 amide bonds. The van der Waals surface area contributed by atoms with E-state index >= 15 is 0 Å². The normalized spacial score (nSPS) is 13.3. The molecule has 0 saturated carbocycles. The molecular weight excluding hydrogens is 280 g/mol. The second-order valence-electron chi connectivity index (χ2n) is 5.64. The van der Waals surface area contributed by atoms with Crippen LogP contribution in [0.15, 0.2) is 18.2 Å². The molecule has 0 bridgehead atoms. The smallest absolute Gasteiger partial charge is 0.236 e. The first-order valence-corrected chi connectivity index (χ1v) is 7.76. The lowest BCUT2D eigenvalue weighted by Gasteiger charge is -2.16. The number of carbonyl (C=O) groups excluding carboxylic acids is 1. The third-order valence-corrected chi connectivity index (χ3v) is 3.59. The van der Waals surface area contributed by atoms with Crippen LogP contribution in [0.25, 0.3) is 0 Å². The van der Waals surface area contributed by atoms with Gasteiger partial charge >= 0.3 is 0 Å². The summed E-state index contributed by atoms with van der Waals surface area (Å²) >= 11 is 0. The minimum atomic E-state index is -0.404. The van der Waals surface area contributed by atoms with Gasteiger partial charge in [0.25, 0.3) is 0 Å². The van der Waals surface area contributed by atoms with Crippen molar-refractivity contribution in [3.05, 3.63) is 23.8 Å². The zero-order valence-electron chi connectivity index (χ0n) is 14.0. The average molecular weight is 308 g/mol. The second kappa shape index (κ2) is 9.30. The Morgan fingerprint density at radius 1 is 1.27 bits per heavy atom. The summed E-state index contributed by atoms with van der Waals surface area (Å²) in [4.78, 5) is 11.8. The maximum Gasteiger partial charge on any atom is 0.236 e. The summed E-state index contributed by atoms with van der Waals surface area (Å²) in [6.07, 6.45) is 2.48. The van der Waals surface area contributed by atoms with Gasteiger partial charge in [-0.2, -0.15) is 0 Å². The molecule has 2 atom stereocenters. The lowest BCUT2D eigenvalue weighted by Crippen LogP contribution is -2.42. The average Bonchev–Trinajstić information content (AvgIpc) is 2.52. The largest absolute Gasteiger partial charge is 0.493 e. The molecule has 1 aromatic rings. The Hall–Kier alpha value is -1.75. The molecule has 0 radical (unpaired) electrons. The fourth-order valence-corrected chi connectivity index (χ4v) is 2.33. The first-order valence-electron chi connectivity index (χ1n) is 7.76. The summed E-state index contributed by atoms with van der Waals surface area (Å²) < 4.78 is 10.5. The maximum absolute atomic E-state index is 11.8. The van der Waals surface area contributed by atoms with E-state index < -0.39 is 6.04 Å². The van der Waals surface area contributed by atoms with E-state index in [0.29, 0.717) is 12.5 Å². The molecule has 5 nitrogen and oxygen atoms in total. The van der Waals surface area contributed by atoms with Crippen molar-refractivity contribution >= 4 is 5.91 Å². The van der Waals surface area contributed by atoms with E-state index in [2.05, 4.69) is 12.2 Å². The highest BCUT2D eigenvalue weighted by Gasteiger charge is 2.14. The van der Waals surface area contributed by atoms with Crippen LogP contribution in [-0.2, 0) is 11.2 Å². The van der Waals surface area contributed by atoms with Gasteiger partial charge in [0.2, 0.25) is 5.91 Å². The van der Waals surface area contributed by atoms with Crippen LogP contribution in [0.1, 0.15) is 32.3 Å². The lowest BCUT2D eigenvalue weighted by atomic mass is 10.0. The quantitative estimate of drug-likeness (QED) is 0.733. The fourth-order valence-electron chi connectivity index (χ4n) is 2.33. The van der Waals surface area contributed by atoms with Crippen LogP contribution in [-0.4, -0.2) is 32.7 Å². The van der Waals surface area contributed by atoms with Gasteiger partial charge in [0.05, 0.1) is 20.3 Å². The van der Waals surface area contributed by atoms with Gasteiger partial charge in [-0.05, 0) is 36.5 Å². The highest BCUT2D eigenvalue weighted by Crippen LogP contribution is 2.28. The van der Waals surface area contributed by atoms with Crippen LogP contribution in [0.5, 0.6) is 11.5 Å². The molecule has 124 valence electrons. The summed E-state index contributed by atoms with van der Waals surface area (Å²) in [5.41, 5.74) is 6.94. The number of rotatable bonds is 9. The van der Waals surface area contributed by atoms with Crippen molar-refractivity contribution in [2.75, 3.05) is 20.8 Å². The molecular formula is C17H28N2O3. The van der Waals surface area contributed by atoms with E-state index in [0.717, 1.165) is 36.3 Å². The van der Waals surface area contributed by atoms with E-state index in [4.69, 9.17) is 15.2 Å². The van der Waals surface area contributed by atoms with Crippen molar-refractivity contribution in [1.82, 2.24) is 5.32 Å². The monoisotopic (exact) mass is 308 g/mol. The van der Waals surface area contributed by atoms with Gasteiger partial charge in [-0.25, -0.2) is 0 Å². The van der Waals surface area contributed by atoms with Gasteiger partial charge in [-0.15, -0.1) is 0 Å². The van der Waals surface area contributed by atoms with Crippen molar-refractivity contribution in [3.8, 4) is 11.5 Å². The molecule has 1 rings (SSSR count). The first-order chi connectivity index (χ1) is 10.5. The van der Waals surface area contributed by atoms with Gasteiger partial charge in [0.15, 0.2) is 11.5 Å². The highest BCUT2D eigenvalue weighted by atomic mass is 16.5. The number of amides is 1. The van der Waals surface area contributed by atoms with Gasteiger partial charge in [-0.1, -0.05) is 26.3 Å². The van der Waals surface area contributed by atoms with Crippen LogP contribution in [0, 0.1) is 5.92 Å². The van der Waals surface area contributed by atoms with E-state index in [1.807, 2.05) is 25.1 Å². The Kier molecular flexibility index (Phi) is 7.74. The number of carbonyl (C=O) groups is 1. The summed E-state index contributed by atoms with van der Waals surface area (Å²) in [5.74, 6) is 1.69. The van der Waals surface area contributed by atoms with E-state index in [1.165, 1.54) is 0 Å². The van der Waals surface area contributed by atoms with Crippen LogP contribution >= 0.6 is 0 Å². The molecule has 0 aromatic heterocycles. The molecule has 22 heavy (non-hydrogen) atoms. The topological polar surface area (TPSA) is 73.6 Å². The summed E-state index contributed by atoms with van der Waals surface area (Å²) in [6, 6.07) is 5.48. The molecule has 0 aliphatic carbocycles. The molecule has 5 heteroatoms. The second-order valence-corrected chi connectivity index (χ2v) is 5.64. The Labute approximate surface area is 133 Å². The fraction of sp³-hybridized carbons (Fsp3) is 0.588. The van der Waals surface area contributed by atoms with Gasteiger partial charge in [0, 0.05) is 6.54 Å². The Morgan fingerprint density at radius 2 is 1.95 bits per heavy atom. The number of hydrogen-bond acceptors (Lipinski definition) is 4. The van der Waals surface area contributed by atoms with Gasteiger partial charge in [-0.3, -0.25) is 4.79 Å². The lowest BCUT2D eigenvalue weighted by molar-refractivity contribution is -0.122. The van der Waals surface area contributed by atoms with Crippen LogP contribution < -0.4 is 20.5 Å². The number of methoxy groups -OCH3 is 2. The Morgan fingerprint density at radius 3 is 2.55 bits per heavy atom. The summed E-state index contributed by atoms with van der Waals surface area (Å²) in [5, 5.41) is 2.92. The Bertz CT molecular complexity index is 477. The number of hydrogen-bond donors (Lipinski definition) is 2. The van der Waals surface area contributed by atoms with Crippen molar-refractivity contribution in [3.63, 3.8) is 0 Å². The molecule has 0 fully saturated rings. The molecule has 0 heterocycles. The molecule has 1 aromatic carbocycles.